The van der Waals surface area contributed by atoms with Crippen LogP contribution in [-0.4, -0.2) is 0 Å². The van der Waals surface area contributed by atoms with Gasteiger partial charge in [0.05, 0.1) is 0 Å². The number of benzene rings is 7. The van der Waals surface area contributed by atoms with Crippen LogP contribution in [0.3, 0.4) is 0 Å². The predicted molar refractivity (Wildman–Crippen MR) is 182 cm³/mol. The molecule has 0 nitrogen and oxygen atoms in total. The Morgan fingerprint density at radius 2 is 0.905 bits per heavy atom. The quantitative estimate of drug-likeness (QED) is 0.186. The lowest BCUT2D eigenvalue weighted by Crippen LogP contribution is -2.03. The molecule has 7 aromatic carbocycles. The molecule has 0 aliphatic heterocycles. The Labute approximate surface area is 250 Å². The minimum absolute atomic E-state index is 0.151. The normalized spacial score (nSPS) is 12.2. The number of hydrogen-bond acceptors (Lipinski definition) is 1. The van der Waals surface area contributed by atoms with Gasteiger partial charge in [-0.3, -0.25) is 0 Å². The molecule has 1 heterocycles. The van der Waals surface area contributed by atoms with Crippen molar-refractivity contribution in [2.75, 3.05) is 0 Å². The van der Waals surface area contributed by atoms with Crippen molar-refractivity contribution in [3.05, 3.63) is 180 Å². The highest BCUT2D eigenvalue weighted by Gasteiger charge is 2.19. The first-order valence-corrected chi connectivity index (χ1v) is 15.3. The molecule has 0 amide bonds. The third kappa shape index (κ3) is 4.49. The van der Waals surface area contributed by atoms with Crippen LogP contribution in [0.1, 0.15) is 22.6 Å². The fourth-order valence-corrected chi connectivity index (χ4v) is 7.47. The lowest BCUT2D eigenvalue weighted by molar-refractivity contribution is 0.981. The fourth-order valence-electron chi connectivity index (χ4n) is 6.27. The van der Waals surface area contributed by atoms with Crippen molar-refractivity contribution >= 4 is 42.3 Å². The smallest absolute Gasteiger partial charge is 0.0361 e. The van der Waals surface area contributed by atoms with Gasteiger partial charge in [-0.25, -0.2) is 0 Å². The van der Waals surface area contributed by atoms with Gasteiger partial charge < -0.3 is 0 Å². The number of rotatable bonds is 5. The summed E-state index contributed by atoms with van der Waals surface area (Å²) in [6.45, 7) is 0. The van der Waals surface area contributed by atoms with Crippen LogP contribution >= 0.6 is 11.3 Å². The summed E-state index contributed by atoms with van der Waals surface area (Å²) in [5.41, 5.74) is 8.95. The van der Waals surface area contributed by atoms with E-state index in [2.05, 4.69) is 164 Å². The van der Waals surface area contributed by atoms with Gasteiger partial charge in [-0.05, 0) is 67.9 Å². The van der Waals surface area contributed by atoms with Gasteiger partial charge in [0.1, 0.15) is 0 Å². The molecule has 0 radical (unpaired) electrons. The van der Waals surface area contributed by atoms with E-state index in [0.717, 1.165) is 0 Å². The summed E-state index contributed by atoms with van der Waals surface area (Å²) in [6.07, 6.45) is 0. The zero-order valence-electron chi connectivity index (χ0n) is 23.1. The third-order valence-corrected chi connectivity index (χ3v) is 9.49. The maximum atomic E-state index is 2.42. The summed E-state index contributed by atoms with van der Waals surface area (Å²) >= 11 is 1.90. The molecule has 1 unspecified atom stereocenters. The van der Waals surface area contributed by atoms with Crippen molar-refractivity contribution in [3.8, 4) is 22.3 Å². The molecule has 1 heteroatoms. The first kappa shape index (κ1) is 24.8. The minimum Gasteiger partial charge on any atom is -0.135 e. The molecule has 0 bridgehead atoms. The van der Waals surface area contributed by atoms with Gasteiger partial charge in [-0.2, -0.15) is 0 Å². The van der Waals surface area contributed by atoms with Crippen molar-refractivity contribution in [3.63, 3.8) is 0 Å². The molecule has 0 saturated heterocycles. The minimum atomic E-state index is 0.151. The Morgan fingerprint density at radius 1 is 0.333 bits per heavy atom. The molecule has 1 atom stereocenters. The van der Waals surface area contributed by atoms with Crippen molar-refractivity contribution in [2.24, 2.45) is 0 Å². The van der Waals surface area contributed by atoms with E-state index in [-0.39, 0.29) is 5.92 Å². The second-order valence-corrected chi connectivity index (χ2v) is 12.0. The van der Waals surface area contributed by atoms with Crippen LogP contribution in [0.15, 0.2) is 164 Å². The first-order chi connectivity index (χ1) is 20.8. The van der Waals surface area contributed by atoms with Crippen molar-refractivity contribution < 1.29 is 0 Å². The first-order valence-electron chi connectivity index (χ1n) is 14.5. The summed E-state index contributed by atoms with van der Waals surface area (Å²) in [5.74, 6) is 0.151. The van der Waals surface area contributed by atoms with Crippen LogP contribution in [0.2, 0.25) is 0 Å². The van der Waals surface area contributed by atoms with E-state index in [0.29, 0.717) is 0 Å². The molecule has 8 aromatic rings. The molecular weight excluding hydrogens is 525 g/mol. The van der Waals surface area contributed by atoms with Gasteiger partial charge in [0, 0.05) is 26.1 Å². The Kier molecular flexibility index (Phi) is 6.17. The van der Waals surface area contributed by atoms with Gasteiger partial charge in [0.2, 0.25) is 0 Å². The molecule has 0 fully saturated rings. The number of thiophene rings is 1. The van der Waals surface area contributed by atoms with Crippen molar-refractivity contribution in [1.82, 2.24) is 0 Å². The third-order valence-electron chi connectivity index (χ3n) is 8.37. The van der Waals surface area contributed by atoms with Crippen LogP contribution in [0.5, 0.6) is 0 Å². The van der Waals surface area contributed by atoms with Gasteiger partial charge in [-0.1, -0.05) is 146 Å². The van der Waals surface area contributed by atoms with Crippen LogP contribution in [0.25, 0.3) is 53.2 Å². The summed E-state index contributed by atoms with van der Waals surface area (Å²) in [7, 11) is 0. The molecule has 42 heavy (non-hydrogen) atoms. The van der Waals surface area contributed by atoms with E-state index in [1.807, 2.05) is 11.3 Å². The Balaban J connectivity index is 1.23. The van der Waals surface area contributed by atoms with Gasteiger partial charge >= 0.3 is 0 Å². The lowest BCUT2D eigenvalue weighted by Gasteiger charge is -2.20. The van der Waals surface area contributed by atoms with E-state index in [4.69, 9.17) is 0 Å². The lowest BCUT2D eigenvalue weighted by atomic mass is 9.84. The highest BCUT2D eigenvalue weighted by Crippen LogP contribution is 2.41. The van der Waals surface area contributed by atoms with E-state index in [9.17, 15) is 0 Å². The average Bonchev–Trinajstić information content (AvgIpc) is 3.43. The van der Waals surface area contributed by atoms with Crippen molar-refractivity contribution in [2.45, 2.75) is 5.92 Å². The molecule has 198 valence electrons. The highest BCUT2D eigenvalue weighted by molar-refractivity contribution is 7.25. The summed E-state index contributed by atoms with van der Waals surface area (Å²) in [5, 5.41) is 5.21. The maximum Gasteiger partial charge on any atom is 0.0361 e. The molecule has 8 rings (SSSR count). The molecule has 0 spiro atoms. The second-order valence-electron chi connectivity index (χ2n) is 11.0. The molecule has 0 aliphatic rings. The molecular formula is C41H28S. The fraction of sp³-hybridized carbons (Fsp3) is 0.0244. The summed E-state index contributed by atoms with van der Waals surface area (Å²) in [4.78, 5) is 0. The Hall–Kier alpha value is -4.98. The van der Waals surface area contributed by atoms with Crippen LogP contribution in [0, 0.1) is 0 Å². The van der Waals surface area contributed by atoms with E-state index >= 15 is 0 Å². The SMILES string of the molecule is c1ccc(-c2cccc(C(c3ccccc3)c3ccc4c(c3)sc3cc(-c5ccc6ccccc6c5)ccc34)c2)cc1. The zero-order chi connectivity index (χ0) is 27.9. The van der Waals surface area contributed by atoms with Crippen LogP contribution in [-0.2, 0) is 0 Å². The van der Waals surface area contributed by atoms with Crippen molar-refractivity contribution in [1.29, 1.82) is 0 Å². The van der Waals surface area contributed by atoms with Crippen LogP contribution in [0.4, 0.5) is 0 Å². The largest absolute Gasteiger partial charge is 0.135 e. The summed E-state index contributed by atoms with van der Waals surface area (Å²) in [6, 6.07) is 60.0. The van der Waals surface area contributed by atoms with Gasteiger partial charge in [0.25, 0.3) is 0 Å². The molecule has 0 N–H and O–H groups in total. The van der Waals surface area contributed by atoms with E-state index < -0.39 is 0 Å². The van der Waals surface area contributed by atoms with E-state index in [1.165, 1.54) is 69.9 Å². The standard InChI is InChI=1S/C41H28S/c1-3-10-28(11-4-1)32-16-9-17-35(25-32)41(30-13-5-2-6-14-30)36-21-23-38-37-22-20-34(26-39(37)42-40(38)27-36)33-19-18-29-12-7-8-15-31(29)24-33/h1-27,41H. The zero-order valence-corrected chi connectivity index (χ0v) is 23.9. The number of hydrogen-bond donors (Lipinski definition) is 0. The monoisotopic (exact) mass is 552 g/mol. The van der Waals surface area contributed by atoms with Crippen LogP contribution < -0.4 is 0 Å². The summed E-state index contributed by atoms with van der Waals surface area (Å²) < 4.78 is 2.66. The molecule has 0 saturated carbocycles. The average molecular weight is 553 g/mol. The molecule has 1 aromatic heterocycles. The Bertz CT molecular complexity index is 2190. The molecule has 0 aliphatic carbocycles. The Morgan fingerprint density at radius 3 is 1.74 bits per heavy atom. The second kappa shape index (κ2) is 10.4. The number of fused-ring (bicyclic) bond motifs is 4. The van der Waals surface area contributed by atoms with Gasteiger partial charge in [-0.15, -0.1) is 11.3 Å². The van der Waals surface area contributed by atoms with Gasteiger partial charge in [0.15, 0.2) is 0 Å². The topological polar surface area (TPSA) is 0 Å². The predicted octanol–water partition coefficient (Wildman–Crippen LogP) is 11.7. The van der Waals surface area contributed by atoms with E-state index in [1.54, 1.807) is 0 Å². The highest BCUT2D eigenvalue weighted by atomic mass is 32.1. The maximum absolute atomic E-state index is 2.42.